The van der Waals surface area contributed by atoms with Crippen LogP contribution in [0.25, 0.3) is 27.2 Å². The topological polar surface area (TPSA) is 102 Å². The highest BCUT2D eigenvalue weighted by atomic mass is 16.5. The summed E-state index contributed by atoms with van der Waals surface area (Å²) in [6.07, 6.45) is 3.51. The van der Waals surface area contributed by atoms with Crippen molar-refractivity contribution in [1.29, 1.82) is 0 Å². The second-order valence-electron chi connectivity index (χ2n) is 5.66. The average Bonchev–Trinajstić information content (AvgIpc) is 3.06. The molecular formula is C19H19N5O3. The normalized spacial score (nSPS) is 10.4. The highest BCUT2D eigenvalue weighted by molar-refractivity contribution is 5.99. The number of fused-ring (bicyclic) bond motifs is 1. The van der Waals surface area contributed by atoms with E-state index >= 15 is 0 Å². The Kier molecular flexibility index (Phi) is 5.58. The van der Waals surface area contributed by atoms with Gasteiger partial charge in [-0.05, 0) is 49.2 Å². The number of ether oxygens (including phenoxy) is 2. The smallest absolute Gasteiger partial charge is 0.340 e. The van der Waals surface area contributed by atoms with Crippen LogP contribution >= 0.6 is 0 Å². The standard InChI is InChI=1S/C19H19N5O3/c1-3-26-17-6-5-14(12-21-17)18-16(19(25)27-4-2)10-15-9-13(11-22-23-20)7-8-24(15)18/h5-10,12H,3-4,11H2,1-2H3. The molecule has 0 aliphatic heterocycles. The Hall–Kier alpha value is -3.51. The molecule has 3 aromatic rings. The molecular weight excluding hydrogens is 346 g/mol. The van der Waals surface area contributed by atoms with Gasteiger partial charge in [0.15, 0.2) is 0 Å². The summed E-state index contributed by atoms with van der Waals surface area (Å²) >= 11 is 0. The molecule has 3 heterocycles. The molecule has 0 amide bonds. The van der Waals surface area contributed by atoms with E-state index in [-0.39, 0.29) is 13.2 Å². The third-order valence-electron chi connectivity index (χ3n) is 3.95. The first-order chi connectivity index (χ1) is 13.2. The number of hydrogen-bond acceptors (Lipinski definition) is 5. The van der Waals surface area contributed by atoms with Gasteiger partial charge in [0.1, 0.15) is 0 Å². The fourth-order valence-corrected chi connectivity index (χ4v) is 2.85. The fraction of sp³-hybridized carbons (Fsp3) is 0.263. The molecule has 3 aromatic heterocycles. The van der Waals surface area contributed by atoms with Crippen LogP contribution < -0.4 is 4.74 Å². The van der Waals surface area contributed by atoms with Crippen LogP contribution in [0.15, 0.2) is 47.8 Å². The number of nitrogens with zero attached hydrogens (tertiary/aromatic N) is 5. The number of carbonyl (C=O) groups excluding carboxylic acids is 1. The van der Waals surface area contributed by atoms with E-state index in [1.807, 2.05) is 35.7 Å². The lowest BCUT2D eigenvalue weighted by Crippen LogP contribution is -2.05. The van der Waals surface area contributed by atoms with Crippen LogP contribution in [-0.2, 0) is 11.3 Å². The largest absolute Gasteiger partial charge is 0.478 e. The molecule has 0 radical (unpaired) electrons. The van der Waals surface area contributed by atoms with E-state index in [9.17, 15) is 4.79 Å². The summed E-state index contributed by atoms with van der Waals surface area (Å²) in [5.41, 5.74) is 12.1. The minimum Gasteiger partial charge on any atom is -0.478 e. The summed E-state index contributed by atoms with van der Waals surface area (Å²) in [4.78, 5) is 19.6. The van der Waals surface area contributed by atoms with Crippen LogP contribution in [-0.4, -0.2) is 28.6 Å². The fourth-order valence-electron chi connectivity index (χ4n) is 2.85. The van der Waals surface area contributed by atoms with Crippen LogP contribution in [0.3, 0.4) is 0 Å². The van der Waals surface area contributed by atoms with Gasteiger partial charge in [-0.15, -0.1) is 0 Å². The number of carbonyl (C=O) groups is 1. The third kappa shape index (κ3) is 3.86. The average molecular weight is 365 g/mol. The number of rotatable bonds is 7. The summed E-state index contributed by atoms with van der Waals surface area (Å²) in [6.45, 7) is 4.72. The van der Waals surface area contributed by atoms with Crippen molar-refractivity contribution in [3.63, 3.8) is 0 Å². The number of hydrogen-bond donors (Lipinski definition) is 0. The number of aromatic nitrogens is 2. The quantitative estimate of drug-likeness (QED) is 0.268. The van der Waals surface area contributed by atoms with Crippen LogP contribution in [0.1, 0.15) is 29.8 Å². The molecule has 0 fully saturated rings. The molecule has 8 nitrogen and oxygen atoms in total. The van der Waals surface area contributed by atoms with Crippen molar-refractivity contribution >= 4 is 11.5 Å². The number of esters is 1. The molecule has 0 atom stereocenters. The molecule has 138 valence electrons. The van der Waals surface area contributed by atoms with Crippen LogP contribution in [0, 0.1) is 0 Å². The van der Waals surface area contributed by atoms with E-state index < -0.39 is 5.97 Å². The lowest BCUT2D eigenvalue weighted by molar-refractivity contribution is 0.0527. The molecule has 0 N–H and O–H groups in total. The van der Waals surface area contributed by atoms with Gasteiger partial charge in [-0.3, -0.25) is 0 Å². The van der Waals surface area contributed by atoms with Crippen LogP contribution in [0.2, 0.25) is 0 Å². The zero-order valence-electron chi connectivity index (χ0n) is 15.1. The molecule has 0 aliphatic rings. The van der Waals surface area contributed by atoms with Gasteiger partial charge in [-0.1, -0.05) is 5.11 Å². The molecule has 0 bridgehead atoms. The molecule has 0 saturated carbocycles. The molecule has 27 heavy (non-hydrogen) atoms. The van der Waals surface area contributed by atoms with E-state index in [1.165, 1.54) is 0 Å². The highest BCUT2D eigenvalue weighted by Crippen LogP contribution is 2.29. The Labute approximate surface area is 156 Å². The van der Waals surface area contributed by atoms with Crippen molar-refractivity contribution in [2.45, 2.75) is 20.4 Å². The first-order valence-electron chi connectivity index (χ1n) is 8.59. The zero-order valence-corrected chi connectivity index (χ0v) is 15.1. The minimum atomic E-state index is -0.401. The summed E-state index contributed by atoms with van der Waals surface area (Å²) in [7, 11) is 0. The van der Waals surface area contributed by atoms with Crippen molar-refractivity contribution in [1.82, 2.24) is 9.38 Å². The van der Waals surface area contributed by atoms with Gasteiger partial charge in [-0.25, -0.2) is 9.78 Å². The van der Waals surface area contributed by atoms with Crippen molar-refractivity contribution < 1.29 is 14.3 Å². The van der Waals surface area contributed by atoms with Crippen LogP contribution in [0.4, 0.5) is 0 Å². The van der Waals surface area contributed by atoms with Crippen molar-refractivity contribution in [3.8, 4) is 17.1 Å². The van der Waals surface area contributed by atoms with Gasteiger partial charge in [0, 0.05) is 34.5 Å². The first-order valence-corrected chi connectivity index (χ1v) is 8.59. The zero-order chi connectivity index (χ0) is 19.2. The predicted octanol–water partition coefficient (Wildman–Crippen LogP) is 4.39. The Morgan fingerprint density at radius 3 is 2.78 bits per heavy atom. The van der Waals surface area contributed by atoms with Gasteiger partial charge in [0.25, 0.3) is 0 Å². The second kappa shape index (κ2) is 8.25. The Morgan fingerprint density at radius 2 is 2.11 bits per heavy atom. The van der Waals surface area contributed by atoms with E-state index in [4.69, 9.17) is 15.0 Å². The maximum absolute atomic E-state index is 12.5. The maximum Gasteiger partial charge on any atom is 0.340 e. The van der Waals surface area contributed by atoms with Gasteiger partial charge in [-0.2, -0.15) is 0 Å². The molecule has 8 heteroatoms. The monoisotopic (exact) mass is 365 g/mol. The van der Waals surface area contributed by atoms with Gasteiger partial charge in [0.2, 0.25) is 5.88 Å². The third-order valence-corrected chi connectivity index (χ3v) is 3.95. The summed E-state index contributed by atoms with van der Waals surface area (Å²) < 4.78 is 12.5. The molecule has 0 unspecified atom stereocenters. The Morgan fingerprint density at radius 1 is 1.26 bits per heavy atom. The van der Waals surface area contributed by atoms with E-state index in [1.54, 1.807) is 25.3 Å². The van der Waals surface area contributed by atoms with Gasteiger partial charge < -0.3 is 13.9 Å². The predicted molar refractivity (Wildman–Crippen MR) is 101 cm³/mol. The lowest BCUT2D eigenvalue weighted by Gasteiger charge is -2.08. The van der Waals surface area contributed by atoms with E-state index in [0.717, 1.165) is 16.6 Å². The Balaban J connectivity index is 2.13. The SMILES string of the molecule is CCOC(=O)c1cc2cc(CN=[N+]=[N-])ccn2c1-c1ccc(OCC)nc1. The molecule has 3 rings (SSSR count). The van der Waals surface area contributed by atoms with Gasteiger partial charge in [0.05, 0.1) is 31.0 Å². The first kappa shape index (κ1) is 18.3. The van der Waals surface area contributed by atoms with E-state index in [2.05, 4.69) is 15.0 Å². The summed E-state index contributed by atoms with van der Waals surface area (Å²) in [5, 5.41) is 3.58. The number of pyridine rings is 2. The molecule has 0 aliphatic carbocycles. The summed E-state index contributed by atoms with van der Waals surface area (Å²) in [5.74, 6) is 0.123. The lowest BCUT2D eigenvalue weighted by atomic mass is 10.1. The van der Waals surface area contributed by atoms with Crippen molar-refractivity contribution in [2.75, 3.05) is 13.2 Å². The molecule has 0 saturated heterocycles. The molecule has 0 spiro atoms. The van der Waals surface area contributed by atoms with E-state index in [0.29, 0.717) is 23.7 Å². The Bertz CT molecular complexity index is 1000. The number of azide groups is 1. The van der Waals surface area contributed by atoms with Gasteiger partial charge >= 0.3 is 5.97 Å². The maximum atomic E-state index is 12.5. The van der Waals surface area contributed by atoms with Crippen molar-refractivity contribution in [3.05, 3.63) is 64.3 Å². The second-order valence-corrected chi connectivity index (χ2v) is 5.66. The van der Waals surface area contributed by atoms with Crippen molar-refractivity contribution in [2.24, 2.45) is 5.11 Å². The highest BCUT2D eigenvalue weighted by Gasteiger charge is 2.20. The van der Waals surface area contributed by atoms with Crippen LogP contribution in [0.5, 0.6) is 5.88 Å². The minimum absolute atomic E-state index is 0.243. The summed E-state index contributed by atoms with van der Waals surface area (Å²) in [6, 6.07) is 9.12. The molecule has 0 aromatic carbocycles.